The Morgan fingerprint density at radius 3 is 1.74 bits per heavy atom. The molecule has 12 heteroatoms. The summed E-state index contributed by atoms with van der Waals surface area (Å²) >= 11 is 0. The molecule has 0 unspecified atom stereocenters. The van der Waals surface area contributed by atoms with Gasteiger partial charge in [-0.15, -0.1) is 0 Å². The second-order valence-corrected chi connectivity index (χ2v) is 23.5. The first-order valence-electron chi connectivity index (χ1n) is 13.2. The molecule has 0 heterocycles. The summed E-state index contributed by atoms with van der Waals surface area (Å²) in [5.41, 5.74) is 0.392. The standard InChI is InChI=1S/C26H48O9Si3/c1-22(27)23-19-24(21-25(28)20-23)26(29)33-16-15-32-12-10-18-37(5,6)35-38(7,8)34-36(3,4)17-9-11-31-14-13-30-2/h19-21,28H,9-18H2,1-8H3. The van der Waals surface area contributed by atoms with Crippen molar-refractivity contribution in [1.82, 2.24) is 0 Å². The van der Waals surface area contributed by atoms with Crippen LogP contribution in [0.1, 0.15) is 40.5 Å². The molecule has 0 bridgehead atoms. The molecule has 38 heavy (non-hydrogen) atoms. The van der Waals surface area contributed by atoms with E-state index in [1.165, 1.54) is 25.1 Å². The number of benzene rings is 1. The number of esters is 1. The fourth-order valence-electron chi connectivity index (χ4n) is 4.21. The number of ether oxygens (including phenoxy) is 4. The van der Waals surface area contributed by atoms with Gasteiger partial charge in [0.1, 0.15) is 12.4 Å². The van der Waals surface area contributed by atoms with Crippen molar-refractivity contribution in [3.63, 3.8) is 0 Å². The Morgan fingerprint density at radius 2 is 1.24 bits per heavy atom. The summed E-state index contributed by atoms with van der Waals surface area (Å²) in [7, 11) is -4.39. The number of hydrogen-bond donors (Lipinski definition) is 1. The van der Waals surface area contributed by atoms with Crippen LogP contribution >= 0.6 is 0 Å². The highest BCUT2D eigenvalue weighted by Gasteiger charge is 2.39. The van der Waals surface area contributed by atoms with Crippen molar-refractivity contribution < 1.29 is 41.9 Å². The van der Waals surface area contributed by atoms with Crippen LogP contribution in [0.25, 0.3) is 0 Å². The van der Waals surface area contributed by atoms with Crippen molar-refractivity contribution in [2.24, 2.45) is 0 Å². The molecule has 1 N–H and O–H groups in total. The van der Waals surface area contributed by atoms with E-state index in [2.05, 4.69) is 39.3 Å². The van der Waals surface area contributed by atoms with Crippen molar-refractivity contribution in [3.8, 4) is 5.75 Å². The van der Waals surface area contributed by atoms with Crippen LogP contribution in [-0.2, 0) is 27.2 Å². The molecular weight excluding hydrogens is 541 g/mol. The molecule has 0 atom stereocenters. The van der Waals surface area contributed by atoms with Crippen molar-refractivity contribution >= 4 is 36.9 Å². The molecule has 0 spiro atoms. The van der Waals surface area contributed by atoms with Gasteiger partial charge in [0.25, 0.3) is 0 Å². The van der Waals surface area contributed by atoms with Gasteiger partial charge in [-0.1, -0.05) is 0 Å². The zero-order valence-corrected chi connectivity index (χ0v) is 27.5. The monoisotopic (exact) mass is 588 g/mol. The topological polar surface area (TPSA) is 110 Å². The zero-order chi connectivity index (χ0) is 28.8. The summed E-state index contributed by atoms with van der Waals surface area (Å²) in [6, 6.07) is 5.98. The number of hydrogen-bond acceptors (Lipinski definition) is 9. The summed E-state index contributed by atoms with van der Waals surface area (Å²) in [5.74, 6) is -0.997. The maximum absolute atomic E-state index is 12.2. The van der Waals surface area contributed by atoms with E-state index in [1.54, 1.807) is 7.11 Å². The van der Waals surface area contributed by atoms with Gasteiger partial charge >= 0.3 is 14.5 Å². The minimum Gasteiger partial charge on any atom is -0.508 e. The summed E-state index contributed by atoms with van der Waals surface area (Å²) in [5, 5.41) is 9.72. The van der Waals surface area contributed by atoms with Gasteiger partial charge < -0.3 is 32.3 Å². The Morgan fingerprint density at radius 1 is 0.737 bits per heavy atom. The van der Waals surface area contributed by atoms with Crippen LogP contribution in [0.3, 0.4) is 0 Å². The van der Waals surface area contributed by atoms with Crippen LogP contribution in [0.15, 0.2) is 18.2 Å². The second-order valence-electron chi connectivity index (χ2n) is 11.0. The Balaban J connectivity index is 2.31. The van der Waals surface area contributed by atoms with Gasteiger partial charge in [0.15, 0.2) is 22.4 Å². The van der Waals surface area contributed by atoms with E-state index in [0.717, 1.165) is 31.5 Å². The van der Waals surface area contributed by atoms with E-state index >= 15 is 0 Å². The molecule has 0 aliphatic rings. The molecule has 0 radical (unpaired) electrons. The minimum atomic E-state index is -2.27. The highest BCUT2D eigenvalue weighted by atomic mass is 28.5. The van der Waals surface area contributed by atoms with Crippen LogP contribution in [0, 0.1) is 0 Å². The predicted molar refractivity (Wildman–Crippen MR) is 155 cm³/mol. The van der Waals surface area contributed by atoms with E-state index in [1.807, 2.05) is 0 Å². The van der Waals surface area contributed by atoms with Gasteiger partial charge in [-0.25, -0.2) is 4.79 Å². The Labute approximate surface area is 231 Å². The van der Waals surface area contributed by atoms with E-state index < -0.39 is 31.2 Å². The summed E-state index contributed by atoms with van der Waals surface area (Å²) in [4.78, 5) is 23.7. The van der Waals surface area contributed by atoms with E-state index in [0.29, 0.717) is 19.8 Å². The smallest absolute Gasteiger partial charge is 0.338 e. The molecule has 9 nitrogen and oxygen atoms in total. The second kappa shape index (κ2) is 16.7. The summed E-state index contributed by atoms with van der Waals surface area (Å²) < 4.78 is 34.7. The lowest BCUT2D eigenvalue weighted by Gasteiger charge is -2.38. The number of methoxy groups -OCH3 is 1. The highest BCUT2D eigenvalue weighted by Crippen LogP contribution is 2.26. The first-order valence-corrected chi connectivity index (χ1v) is 22.3. The highest BCUT2D eigenvalue weighted by molar-refractivity contribution is 6.87. The third kappa shape index (κ3) is 15.3. The number of phenolic OH excluding ortho intramolecular Hbond substituents is 1. The van der Waals surface area contributed by atoms with Crippen LogP contribution in [-0.4, -0.2) is 88.8 Å². The molecule has 0 aromatic heterocycles. The van der Waals surface area contributed by atoms with E-state index in [4.69, 9.17) is 27.2 Å². The number of carbonyl (C=O) groups excluding carboxylic acids is 2. The molecule has 1 rings (SSSR count). The maximum atomic E-state index is 12.2. The van der Waals surface area contributed by atoms with Gasteiger partial charge in [0.05, 0.1) is 25.4 Å². The fourth-order valence-corrected chi connectivity index (χ4v) is 18.2. The average molecular weight is 589 g/mol. The number of carbonyl (C=O) groups is 2. The van der Waals surface area contributed by atoms with Crippen LogP contribution in [0.2, 0.25) is 51.4 Å². The lowest BCUT2D eigenvalue weighted by molar-refractivity contribution is 0.0317. The third-order valence-electron chi connectivity index (χ3n) is 5.63. The zero-order valence-electron chi connectivity index (χ0n) is 24.5. The SMILES string of the molecule is COCCOCCC[Si](C)(C)O[Si](C)(C)O[Si](C)(C)CCCOCCOC(=O)c1cc(O)cc(C(C)=O)c1. The molecule has 0 saturated heterocycles. The van der Waals surface area contributed by atoms with Gasteiger partial charge in [0.2, 0.25) is 0 Å². The number of Topliss-reactive ketones (excluding diaryl/α,β-unsaturated/α-hetero) is 1. The van der Waals surface area contributed by atoms with Gasteiger partial charge in [-0.2, -0.15) is 0 Å². The quantitative estimate of drug-likeness (QED) is 0.0932. The van der Waals surface area contributed by atoms with Crippen LogP contribution in [0.5, 0.6) is 5.75 Å². The van der Waals surface area contributed by atoms with E-state index in [9.17, 15) is 14.7 Å². The molecule has 0 fully saturated rings. The molecule has 0 amide bonds. The molecule has 218 valence electrons. The molecule has 0 aliphatic heterocycles. The Bertz CT molecular complexity index is 876. The summed E-state index contributed by atoms with van der Waals surface area (Å²) in [6.07, 6.45) is 1.83. The fraction of sp³-hybridized carbons (Fsp3) is 0.692. The number of aromatic hydroxyl groups is 1. The van der Waals surface area contributed by atoms with Crippen molar-refractivity contribution in [1.29, 1.82) is 0 Å². The van der Waals surface area contributed by atoms with Gasteiger partial charge in [-0.05, 0) is 89.3 Å². The first kappa shape index (κ1) is 34.6. The van der Waals surface area contributed by atoms with Crippen molar-refractivity contribution in [2.75, 3.05) is 46.8 Å². The largest absolute Gasteiger partial charge is 0.508 e. The third-order valence-corrected chi connectivity index (χ3v) is 17.1. The van der Waals surface area contributed by atoms with Crippen molar-refractivity contribution in [3.05, 3.63) is 29.3 Å². The molecule has 0 saturated carbocycles. The predicted octanol–water partition coefficient (Wildman–Crippen LogP) is 5.36. The van der Waals surface area contributed by atoms with Crippen molar-refractivity contribution in [2.45, 2.75) is 71.1 Å². The number of ketones is 1. The average Bonchev–Trinajstić information content (AvgIpc) is 2.78. The number of phenols is 1. The summed E-state index contributed by atoms with van der Waals surface area (Å²) in [6.45, 7) is 17.5. The molecule has 1 aromatic rings. The van der Waals surface area contributed by atoms with Gasteiger partial charge in [-0.3, -0.25) is 4.79 Å². The van der Waals surface area contributed by atoms with Crippen LogP contribution in [0.4, 0.5) is 0 Å². The molecule has 0 aliphatic carbocycles. The normalized spacial score (nSPS) is 12.5. The van der Waals surface area contributed by atoms with E-state index in [-0.39, 0.29) is 35.9 Å². The Hall–Kier alpha value is -1.39. The molecular formula is C26H48O9Si3. The van der Waals surface area contributed by atoms with Crippen LogP contribution < -0.4 is 0 Å². The number of rotatable bonds is 20. The Kier molecular flexibility index (Phi) is 15.2. The lowest BCUT2D eigenvalue weighted by Crippen LogP contribution is -2.52. The van der Waals surface area contributed by atoms with Gasteiger partial charge in [0, 0.05) is 25.9 Å². The first-order chi connectivity index (χ1) is 17.7. The minimum absolute atomic E-state index is 0.0894. The molecule has 1 aromatic carbocycles. The lowest BCUT2D eigenvalue weighted by atomic mass is 10.1. The maximum Gasteiger partial charge on any atom is 0.338 e.